The van der Waals surface area contributed by atoms with Gasteiger partial charge >= 0.3 is 6.01 Å². The molecule has 0 aliphatic heterocycles. The molecule has 0 atom stereocenters. The first-order valence-electron chi connectivity index (χ1n) is 5.77. The molecule has 0 radical (unpaired) electrons. The predicted octanol–water partition coefficient (Wildman–Crippen LogP) is 2.74. The number of oxime groups is 1. The van der Waals surface area contributed by atoms with Crippen LogP contribution in [0.4, 0.5) is 0 Å². The van der Waals surface area contributed by atoms with Crippen LogP contribution in [-0.4, -0.2) is 21.0 Å². The number of aromatic nitrogens is 2. The van der Waals surface area contributed by atoms with E-state index in [1.165, 1.54) is 12.3 Å². The lowest BCUT2D eigenvalue weighted by Crippen LogP contribution is -2.15. The van der Waals surface area contributed by atoms with Crippen LogP contribution in [-0.2, 0) is 0 Å². The van der Waals surface area contributed by atoms with Gasteiger partial charge in [-0.2, -0.15) is 4.98 Å². The van der Waals surface area contributed by atoms with Crippen molar-refractivity contribution in [1.29, 1.82) is 0 Å². The van der Waals surface area contributed by atoms with Crippen LogP contribution >= 0.6 is 15.9 Å². The minimum atomic E-state index is -0.0968. The molecule has 0 aliphatic carbocycles. The Balaban J connectivity index is 2.31. The van der Waals surface area contributed by atoms with E-state index < -0.39 is 0 Å². The fourth-order valence-electron chi connectivity index (χ4n) is 1.65. The topological polar surface area (TPSA) is 93.6 Å². The van der Waals surface area contributed by atoms with Crippen LogP contribution in [0.15, 0.2) is 34.0 Å². The highest BCUT2D eigenvalue weighted by atomic mass is 79.9. The van der Waals surface area contributed by atoms with E-state index in [0.29, 0.717) is 11.4 Å². The zero-order valence-corrected chi connectivity index (χ0v) is 12.5. The molecule has 2 rings (SSSR count). The molecular formula is C13H13BrN4O2. The quantitative estimate of drug-likeness (QED) is 0.389. The molecule has 1 aromatic carbocycles. The van der Waals surface area contributed by atoms with Crippen molar-refractivity contribution < 1.29 is 9.94 Å². The van der Waals surface area contributed by atoms with E-state index in [-0.39, 0.29) is 11.8 Å². The number of halogens is 1. The second-order valence-corrected chi connectivity index (χ2v) is 4.98. The molecule has 0 bridgehead atoms. The van der Waals surface area contributed by atoms with Crippen molar-refractivity contribution in [1.82, 2.24) is 9.97 Å². The number of nitrogens with two attached hydrogens (primary N) is 1. The summed E-state index contributed by atoms with van der Waals surface area (Å²) in [6.07, 6.45) is 1.48. The molecule has 6 nitrogen and oxygen atoms in total. The second kappa shape index (κ2) is 5.87. The van der Waals surface area contributed by atoms with Gasteiger partial charge in [-0.15, -0.1) is 0 Å². The number of rotatable bonds is 3. The Morgan fingerprint density at radius 1 is 1.35 bits per heavy atom. The van der Waals surface area contributed by atoms with Gasteiger partial charge in [0.1, 0.15) is 11.4 Å². The Hall–Kier alpha value is -2.15. The maximum atomic E-state index is 8.63. The first kappa shape index (κ1) is 14.3. The normalized spacial score (nSPS) is 11.4. The summed E-state index contributed by atoms with van der Waals surface area (Å²) < 4.78 is 6.63. The first-order valence-corrected chi connectivity index (χ1v) is 6.56. The smallest absolute Gasteiger partial charge is 0.322 e. The monoisotopic (exact) mass is 336 g/mol. The van der Waals surface area contributed by atoms with E-state index in [9.17, 15) is 0 Å². The molecule has 0 saturated heterocycles. The zero-order chi connectivity index (χ0) is 14.7. The fourth-order valence-corrected chi connectivity index (χ4v) is 1.88. The van der Waals surface area contributed by atoms with Gasteiger partial charge in [-0.05, 0) is 43.2 Å². The Kier molecular flexibility index (Phi) is 4.19. The van der Waals surface area contributed by atoms with Crippen LogP contribution in [0.25, 0.3) is 0 Å². The van der Waals surface area contributed by atoms with E-state index in [0.717, 1.165) is 15.6 Å². The van der Waals surface area contributed by atoms with Crippen molar-refractivity contribution >= 4 is 21.8 Å². The summed E-state index contributed by atoms with van der Waals surface area (Å²) >= 11 is 3.49. The standard InChI is InChI=1S/C13H13BrN4O2/c1-7-5-9(6-8(2)11(7)14)20-13-16-4-3-10(17-13)12(15)18-19/h3-6,19H,1-2H3,(H2,15,18). The molecule has 3 N–H and O–H groups in total. The average molecular weight is 337 g/mol. The summed E-state index contributed by atoms with van der Waals surface area (Å²) in [6.45, 7) is 3.94. The summed E-state index contributed by atoms with van der Waals surface area (Å²) in [4.78, 5) is 8.06. The third-order valence-corrected chi connectivity index (χ3v) is 3.87. The van der Waals surface area contributed by atoms with Gasteiger partial charge in [0, 0.05) is 10.7 Å². The zero-order valence-electron chi connectivity index (χ0n) is 11.0. The van der Waals surface area contributed by atoms with Gasteiger partial charge < -0.3 is 15.7 Å². The van der Waals surface area contributed by atoms with Gasteiger partial charge in [0.25, 0.3) is 0 Å². The Morgan fingerprint density at radius 3 is 2.60 bits per heavy atom. The molecule has 0 unspecified atom stereocenters. The average Bonchev–Trinajstić information content (AvgIpc) is 2.44. The highest BCUT2D eigenvalue weighted by molar-refractivity contribution is 9.10. The van der Waals surface area contributed by atoms with Crippen LogP contribution in [0, 0.1) is 13.8 Å². The first-order chi connectivity index (χ1) is 9.51. The maximum Gasteiger partial charge on any atom is 0.322 e. The van der Waals surface area contributed by atoms with Gasteiger partial charge in [-0.25, -0.2) is 4.98 Å². The van der Waals surface area contributed by atoms with Gasteiger partial charge in [-0.1, -0.05) is 21.1 Å². The van der Waals surface area contributed by atoms with Gasteiger partial charge in [0.15, 0.2) is 5.84 Å². The number of hydrogen-bond acceptors (Lipinski definition) is 5. The SMILES string of the molecule is Cc1cc(Oc2nccc(/C(N)=N/O)n2)cc(C)c1Br. The number of hydrogen-bond donors (Lipinski definition) is 2. The fraction of sp³-hybridized carbons (Fsp3) is 0.154. The predicted molar refractivity (Wildman–Crippen MR) is 78.2 cm³/mol. The molecule has 7 heteroatoms. The largest absolute Gasteiger partial charge is 0.424 e. The lowest BCUT2D eigenvalue weighted by molar-refractivity contribution is 0.318. The van der Waals surface area contributed by atoms with Crippen molar-refractivity contribution in [3.63, 3.8) is 0 Å². The van der Waals surface area contributed by atoms with Crippen LogP contribution in [0.2, 0.25) is 0 Å². The number of ether oxygens (including phenoxy) is 1. The van der Waals surface area contributed by atoms with Crippen molar-refractivity contribution in [3.8, 4) is 11.8 Å². The molecule has 0 amide bonds. The summed E-state index contributed by atoms with van der Waals surface area (Å²) in [5, 5.41) is 11.5. The molecule has 1 aromatic heterocycles. The van der Waals surface area contributed by atoms with Gasteiger partial charge in [-0.3, -0.25) is 0 Å². The summed E-state index contributed by atoms with van der Waals surface area (Å²) in [7, 11) is 0. The summed E-state index contributed by atoms with van der Waals surface area (Å²) in [6, 6.07) is 5.41. The molecule has 1 heterocycles. The van der Waals surface area contributed by atoms with Crippen LogP contribution in [0.3, 0.4) is 0 Å². The molecule has 0 saturated carbocycles. The second-order valence-electron chi connectivity index (χ2n) is 4.18. The molecule has 0 spiro atoms. The number of benzene rings is 1. The minimum Gasteiger partial charge on any atom is -0.424 e. The molecule has 2 aromatic rings. The van der Waals surface area contributed by atoms with E-state index in [4.69, 9.17) is 15.7 Å². The summed E-state index contributed by atoms with van der Waals surface area (Å²) in [5.41, 5.74) is 7.86. The van der Waals surface area contributed by atoms with E-state index in [2.05, 4.69) is 31.1 Å². The summed E-state index contributed by atoms with van der Waals surface area (Å²) in [5.74, 6) is 0.528. The lowest BCUT2D eigenvalue weighted by Gasteiger charge is -2.09. The van der Waals surface area contributed by atoms with Crippen LogP contribution < -0.4 is 10.5 Å². The van der Waals surface area contributed by atoms with Crippen LogP contribution in [0.5, 0.6) is 11.8 Å². The Morgan fingerprint density at radius 2 is 2.00 bits per heavy atom. The van der Waals surface area contributed by atoms with E-state index in [1.54, 1.807) is 0 Å². The Labute approximate surface area is 124 Å². The maximum absolute atomic E-state index is 8.63. The molecule has 104 valence electrons. The van der Waals surface area contributed by atoms with Crippen molar-refractivity contribution in [2.75, 3.05) is 0 Å². The Bertz CT molecular complexity index is 650. The third kappa shape index (κ3) is 3.05. The van der Waals surface area contributed by atoms with Crippen molar-refractivity contribution in [3.05, 3.63) is 45.7 Å². The minimum absolute atomic E-state index is 0.0968. The molecule has 20 heavy (non-hydrogen) atoms. The number of nitrogens with zero attached hydrogens (tertiary/aromatic N) is 3. The highest BCUT2D eigenvalue weighted by Gasteiger charge is 2.08. The third-order valence-electron chi connectivity index (χ3n) is 2.62. The van der Waals surface area contributed by atoms with E-state index in [1.807, 2.05) is 26.0 Å². The lowest BCUT2D eigenvalue weighted by atomic mass is 10.1. The molecular weight excluding hydrogens is 324 g/mol. The molecule has 0 fully saturated rings. The number of amidine groups is 1. The van der Waals surface area contributed by atoms with Crippen LogP contribution in [0.1, 0.15) is 16.8 Å². The molecule has 0 aliphatic rings. The van der Waals surface area contributed by atoms with Crippen molar-refractivity contribution in [2.24, 2.45) is 10.9 Å². The highest BCUT2D eigenvalue weighted by Crippen LogP contribution is 2.28. The van der Waals surface area contributed by atoms with Crippen molar-refractivity contribution in [2.45, 2.75) is 13.8 Å². The number of aryl methyl sites for hydroxylation is 2. The van der Waals surface area contributed by atoms with Gasteiger partial charge in [0.2, 0.25) is 0 Å². The van der Waals surface area contributed by atoms with E-state index >= 15 is 0 Å². The van der Waals surface area contributed by atoms with Gasteiger partial charge in [0.05, 0.1) is 0 Å².